The van der Waals surface area contributed by atoms with Crippen LogP contribution in [-0.4, -0.2) is 33.0 Å². The molecule has 2 aromatic rings. The average molecular weight is 275 g/mol. The number of aryl methyl sites for hydroxylation is 1. The highest BCUT2D eigenvalue weighted by molar-refractivity contribution is 6.36. The van der Waals surface area contributed by atoms with Crippen LogP contribution >= 0.6 is 0 Å². The molecule has 0 aliphatic rings. The number of benzene rings is 1. The lowest BCUT2D eigenvalue weighted by atomic mass is 10.2. The van der Waals surface area contributed by atoms with Crippen LogP contribution in [0.15, 0.2) is 29.4 Å². The van der Waals surface area contributed by atoms with E-state index in [9.17, 15) is 4.79 Å². The van der Waals surface area contributed by atoms with E-state index in [0.717, 1.165) is 17.6 Å². The number of oxime groups is 1. The fourth-order valence-corrected chi connectivity index (χ4v) is 2.13. The molecule has 0 radical (unpaired) electrons. The van der Waals surface area contributed by atoms with Crippen LogP contribution in [0.3, 0.4) is 0 Å². The quantitative estimate of drug-likeness (QED) is 0.392. The molecule has 0 aliphatic carbocycles. The van der Waals surface area contributed by atoms with E-state index in [2.05, 4.69) is 10.1 Å². The number of rotatable bonds is 5. The lowest BCUT2D eigenvalue weighted by molar-refractivity contribution is -0.135. The lowest BCUT2D eigenvalue weighted by Gasteiger charge is -2.07. The molecule has 0 saturated carbocycles. The monoisotopic (exact) mass is 275 g/mol. The van der Waals surface area contributed by atoms with Crippen molar-refractivity contribution in [1.29, 1.82) is 0 Å². The Balaban J connectivity index is 2.35. The van der Waals surface area contributed by atoms with Crippen molar-refractivity contribution in [2.24, 2.45) is 5.16 Å². The standard InChI is InChI=1S/C14H17N3O3/c1-3-17-12-8-6-5-7-10(12)15-13(17)9-11(16-19)14(18)20-4-2/h5-8,19H,3-4,9H2,1-2H3/b16-11-. The van der Waals surface area contributed by atoms with E-state index >= 15 is 0 Å². The highest BCUT2D eigenvalue weighted by Gasteiger charge is 2.18. The molecule has 0 atom stereocenters. The first-order valence-corrected chi connectivity index (χ1v) is 6.53. The van der Waals surface area contributed by atoms with Gasteiger partial charge in [0.25, 0.3) is 0 Å². The summed E-state index contributed by atoms with van der Waals surface area (Å²) >= 11 is 0. The maximum Gasteiger partial charge on any atom is 0.356 e. The minimum Gasteiger partial charge on any atom is -0.461 e. The zero-order valence-corrected chi connectivity index (χ0v) is 11.5. The van der Waals surface area contributed by atoms with Crippen LogP contribution in [0.2, 0.25) is 0 Å². The number of para-hydroxylation sites is 2. The Bertz CT molecular complexity index is 646. The topological polar surface area (TPSA) is 76.7 Å². The summed E-state index contributed by atoms with van der Waals surface area (Å²) in [6.45, 7) is 4.66. The molecule has 1 aromatic heterocycles. The van der Waals surface area contributed by atoms with Gasteiger partial charge in [0, 0.05) is 6.54 Å². The SMILES string of the molecule is CCOC(=O)/C(Cc1nc2ccccc2n1CC)=N\O. The molecule has 2 rings (SSSR count). The van der Waals surface area contributed by atoms with Gasteiger partial charge in [-0.15, -0.1) is 0 Å². The summed E-state index contributed by atoms with van der Waals surface area (Å²) in [7, 11) is 0. The van der Waals surface area contributed by atoms with Crippen molar-refractivity contribution in [1.82, 2.24) is 9.55 Å². The molecule has 0 aliphatic heterocycles. The summed E-state index contributed by atoms with van der Waals surface area (Å²) in [5.74, 6) is 0.0549. The molecule has 20 heavy (non-hydrogen) atoms. The number of carbonyl (C=O) groups is 1. The molecule has 1 heterocycles. The minimum absolute atomic E-state index is 0.0446. The van der Waals surface area contributed by atoms with Gasteiger partial charge in [0.2, 0.25) is 0 Å². The second-order valence-corrected chi connectivity index (χ2v) is 4.20. The van der Waals surface area contributed by atoms with Crippen LogP contribution in [0.25, 0.3) is 11.0 Å². The van der Waals surface area contributed by atoms with Crippen molar-refractivity contribution < 1.29 is 14.7 Å². The molecule has 6 nitrogen and oxygen atoms in total. The van der Waals surface area contributed by atoms with Gasteiger partial charge in [-0.25, -0.2) is 9.78 Å². The number of aromatic nitrogens is 2. The molecule has 0 unspecified atom stereocenters. The van der Waals surface area contributed by atoms with Gasteiger partial charge in [-0.2, -0.15) is 0 Å². The van der Waals surface area contributed by atoms with E-state index in [1.807, 2.05) is 35.8 Å². The number of hydrogen-bond donors (Lipinski definition) is 1. The van der Waals surface area contributed by atoms with Gasteiger partial charge in [-0.05, 0) is 26.0 Å². The number of nitrogens with zero attached hydrogens (tertiary/aromatic N) is 3. The molecular weight excluding hydrogens is 258 g/mol. The molecule has 0 bridgehead atoms. The fourth-order valence-electron chi connectivity index (χ4n) is 2.13. The number of esters is 1. The summed E-state index contributed by atoms with van der Waals surface area (Å²) in [6.07, 6.45) is 0.137. The fraction of sp³-hybridized carbons (Fsp3) is 0.357. The first-order chi connectivity index (χ1) is 9.71. The van der Waals surface area contributed by atoms with E-state index in [-0.39, 0.29) is 18.7 Å². The number of carbonyl (C=O) groups excluding carboxylic acids is 1. The third-order valence-electron chi connectivity index (χ3n) is 3.01. The normalized spacial score (nSPS) is 11.8. The summed E-state index contributed by atoms with van der Waals surface area (Å²) in [6, 6.07) is 7.72. The predicted molar refractivity (Wildman–Crippen MR) is 75.0 cm³/mol. The van der Waals surface area contributed by atoms with Crippen molar-refractivity contribution in [3.8, 4) is 0 Å². The molecule has 1 aromatic carbocycles. The second kappa shape index (κ2) is 6.18. The first kappa shape index (κ1) is 14.0. The van der Waals surface area contributed by atoms with Crippen molar-refractivity contribution in [2.75, 3.05) is 6.61 Å². The van der Waals surface area contributed by atoms with Crippen LogP contribution < -0.4 is 0 Å². The molecule has 6 heteroatoms. The number of fused-ring (bicyclic) bond motifs is 1. The highest BCUT2D eigenvalue weighted by Crippen LogP contribution is 2.16. The van der Waals surface area contributed by atoms with E-state index in [4.69, 9.17) is 9.94 Å². The average Bonchev–Trinajstić information content (AvgIpc) is 2.82. The van der Waals surface area contributed by atoms with Crippen LogP contribution in [0.4, 0.5) is 0 Å². The van der Waals surface area contributed by atoms with E-state index in [1.54, 1.807) is 6.92 Å². The Hall–Kier alpha value is -2.37. The Kier molecular flexibility index (Phi) is 4.34. The summed E-state index contributed by atoms with van der Waals surface area (Å²) in [5.41, 5.74) is 1.80. The van der Waals surface area contributed by atoms with Gasteiger partial charge in [0.15, 0.2) is 5.71 Å². The summed E-state index contributed by atoms with van der Waals surface area (Å²) in [5, 5.41) is 12.0. The molecular formula is C14H17N3O3. The number of imidazole rings is 1. The maximum atomic E-state index is 11.6. The Morgan fingerprint density at radius 2 is 2.15 bits per heavy atom. The zero-order chi connectivity index (χ0) is 14.5. The van der Waals surface area contributed by atoms with E-state index < -0.39 is 5.97 Å². The Labute approximate surface area is 116 Å². The molecule has 1 N–H and O–H groups in total. The highest BCUT2D eigenvalue weighted by atomic mass is 16.5. The van der Waals surface area contributed by atoms with Crippen LogP contribution in [0.5, 0.6) is 0 Å². The Morgan fingerprint density at radius 3 is 2.80 bits per heavy atom. The summed E-state index contributed by atoms with van der Waals surface area (Å²) < 4.78 is 6.83. The second-order valence-electron chi connectivity index (χ2n) is 4.20. The number of ether oxygens (including phenoxy) is 1. The van der Waals surface area contributed by atoms with Gasteiger partial charge >= 0.3 is 5.97 Å². The third kappa shape index (κ3) is 2.64. The molecule has 106 valence electrons. The Morgan fingerprint density at radius 1 is 1.40 bits per heavy atom. The maximum absolute atomic E-state index is 11.6. The zero-order valence-electron chi connectivity index (χ0n) is 11.5. The van der Waals surface area contributed by atoms with Crippen molar-refractivity contribution in [3.63, 3.8) is 0 Å². The predicted octanol–water partition coefficient (Wildman–Crippen LogP) is 1.99. The van der Waals surface area contributed by atoms with Gasteiger partial charge in [-0.1, -0.05) is 17.3 Å². The minimum atomic E-state index is -0.621. The van der Waals surface area contributed by atoms with Crippen LogP contribution in [0.1, 0.15) is 19.7 Å². The molecule has 0 fully saturated rings. The molecule has 0 saturated heterocycles. The van der Waals surface area contributed by atoms with Crippen molar-refractivity contribution >= 4 is 22.7 Å². The van der Waals surface area contributed by atoms with Crippen molar-refractivity contribution in [2.45, 2.75) is 26.8 Å². The molecule has 0 amide bonds. The van der Waals surface area contributed by atoms with Crippen molar-refractivity contribution in [3.05, 3.63) is 30.1 Å². The first-order valence-electron chi connectivity index (χ1n) is 6.53. The van der Waals surface area contributed by atoms with Crippen LogP contribution in [0, 0.1) is 0 Å². The largest absolute Gasteiger partial charge is 0.461 e. The van der Waals surface area contributed by atoms with Gasteiger partial charge in [0.1, 0.15) is 5.82 Å². The van der Waals surface area contributed by atoms with E-state index in [0.29, 0.717) is 5.82 Å². The third-order valence-corrected chi connectivity index (χ3v) is 3.01. The van der Waals surface area contributed by atoms with Gasteiger partial charge in [-0.3, -0.25) is 0 Å². The summed E-state index contributed by atoms with van der Waals surface area (Å²) in [4.78, 5) is 16.1. The smallest absolute Gasteiger partial charge is 0.356 e. The lowest BCUT2D eigenvalue weighted by Crippen LogP contribution is -2.21. The van der Waals surface area contributed by atoms with Gasteiger partial charge in [0.05, 0.1) is 24.1 Å². The number of hydrogen-bond acceptors (Lipinski definition) is 5. The molecule has 0 spiro atoms. The van der Waals surface area contributed by atoms with Crippen LogP contribution in [-0.2, 0) is 22.5 Å². The van der Waals surface area contributed by atoms with E-state index in [1.165, 1.54) is 0 Å². The van der Waals surface area contributed by atoms with Gasteiger partial charge < -0.3 is 14.5 Å².